The lowest BCUT2D eigenvalue weighted by molar-refractivity contribution is -0.407. The van der Waals surface area contributed by atoms with Gasteiger partial charge < -0.3 is 19.3 Å². The van der Waals surface area contributed by atoms with Gasteiger partial charge in [0.1, 0.15) is 0 Å². The Morgan fingerprint density at radius 1 is 0.676 bits per heavy atom. The van der Waals surface area contributed by atoms with Gasteiger partial charge in [-0.1, -0.05) is 45.4 Å². The molecule has 0 spiro atoms. The zero-order chi connectivity index (χ0) is 25.9. The highest BCUT2D eigenvalue weighted by atomic mass is 19.2. The molecular formula is C25H39F5O4. The summed E-state index contributed by atoms with van der Waals surface area (Å²) in [6, 6.07) is 0. The summed E-state index contributed by atoms with van der Waals surface area (Å²) in [5.74, 6) is -14.0. The molecule has 0 aromatic heterocycles. The molecule has 0 amide bonds. The summed E-state index contributed by atoms with van der Waals surface area (Å²) in [5, 5.41) is 11.2. The largest absolute Gasteiger partial charge is 0.487 e. The summed E-state index contributed by atoms with van der Waals surface area (Å²) >= 11 is 0. The number of hydrogen-bond acceptors (Lipinski definition) is 4. The highest BCUT2D eigenvalue weighted by Crippen LogP contribution is 2.34. The standard InChI is InChI=1S/C25H39F5O4/c1-6-7-8-9-10-11-13-18(25(31,33-16(2)3)34-17(4)5)14-12-15-32-24-22(29)20(27)19(26)21(28)23(24)30/h16-18,31H,6-15H2,1-5H3. The van der Waals surface area contributed by atoms with Gasteiger partial charge in [0.2, 0.25) is 29.1 Å². The molecule has 0 aliphatic carbocycles. The van der Waals surface area contributed by atoms with Gasteiger partial charge in [0.25, 0.3) is 5.97 Å². The molecule has 0 bridgehead atoms. The Morgan fingerprint density at radius 2 is 1.12 bits per heavy atom. The summed E-state index contributed by atoms with van der Waals surface area (Å²) in [6.07, 6.45) is 6.65. The van der Waals surface area contributed by atoms with Crippen molar-refractivity contribution in [1.29, 1.82) is 0 Å². The average molecular weight is 499 g/mol. The van der Waals surface area contributed by atoms with Crippen LogP contribution in [-0.2, 0) is 9.47 Å². The van der Waals surface area contributed by atoms with Crippen LogP contribution in [0.1, 0.15) is 92.4 Å². The lowest BCUT2D eigenvalue weighted by atomic mass is 9.93. The molecule has 0 saturated carbocycles. The third-order valence-electron chi connectivity index (χ3n) is 5.34. The maximum absolute atomic E-state index is 13.8. The molecule has 0 fully saturated rings. The first-order chi connectivity index (χ1) is 15.9. The molecule has 0 radical (unpaired) electrons. The lowest BCUT2D eigenvalue weighted by Gasteiger charge is -2.38. The van der Waals surface area contributed by atoms with Crippen LogP contribution in [0.3, 0.4) is 0 Å². The molecule has 0 aliphatic rings. The topological polar surface area (TPSA) is 47.9 Å². The maximum Gasteiger partial charge on any atom is 0.283 e. The Hall–Kier alpha value is -1.45. The number of halogens is 5. The SMILES string of the molecule is CCCCCCCCC(CCCOc1c(F)c(F)c(F)c(F)c1F)C(O)(OC(C)C)OC(C)C. The predicted octanol–water partition coefficient (Wildman–Crippen LogP) is 7.40. The fourth-order valence-corrected chi connectivity index (χ4v) is 3.79. The second-order valence-corrected chi connectivity index (χ2v) is 9.11. The zero-order valence-corrected chi connectivity index (χ0v) is 20.9. The Kier molecular flexibility index (Phi) is 13.3. The van der Waals surface area contributed by atoms with Crippen LogP contribution in [0.2, 0.25) is 0 Å². The Balaban J connectivity index is 2.87. The van der Waals surface area contributed by atoms with Crippen LogP contribution in [0.5, 0.6) is 5.75 Å². The number of aliphatic hydroxyl groups is 1. The van der Waals surface area contributed by atoms with Gasteiger partial charge in [-0.25, -0.2) is 13.2 Å². The molecule has 1 N–H and O–H groups in total. The number of unbranched alkanes of at least 4 members (excludes halogenated alkanes) is 5. The van der Waals surface area contributed by atoms with Gasteiger partial charge in [-0.3, -0.25) is 0 Å². The molecular weight excluding hydrogens is 459 g/mol. The highest BCUT2D eigenvalue weighted by Gasteiger charge is 2.40. The summed E-state index contributed by atoms with van der Waals surface area (Å²) < 4.78 is 84.0. The van der Waals surface area contributed by atoms with E-state index in [0.717, 1.165) is 38.5 Å². The lowest BCUT2D eigenvalue weighted by Crippen LogP contribution is -2.47. The van der Waals surface area contributed by atoms with E-state index in [0.29, 0.717) is 12.8 Å². The molecule has 1 rings (SSSR count). The highest BCUT2D eigenvalue weighted by molar-refractivity contribution is 5.29. The minimum Gasteiger partial charge on any atom is -0.487 e. The van der Waals surface area contributed by atoms with E-state index < -0.39 is 46.7 Å². The van der Waals surface area contributed by atoms with Crippen LogP contribution in [-0.4, -0.2) is 29.9 Å². The van der Waals surface area contributed by atoms with Gasteiger partial charge >= 0.3 is 0 Å². The maximum atomic E-state index is 13.8. The van der Waals surface area contributed by atoms with Crippen molar-refractivity contribution in [3.05, 3.63) is 29.1 Å². The van der Waals surface area contributed by atoms with Crippen molar-refractivity contribution in [3.63, 3.8) is 0 Å². The molecule has 0 aliphatic heterocycles. The van der Waals surface area contributed by atoms with Crippen molar-refractivity contribution < 1.29 is 41.3 Å². The molecule has 1 atom stereocenters. The molecule has 198 valence electrons. The number of benzene rings is 1. The van der Waals surface area contributed by atoms with Crippen LogP contribution in [0.4, 0.5) is 22.0 Å². The Labute approximate surface area is 199 Å². The van der Waals surface area contributed by atoms with Crippen molar-refractivity contribution in [2.75, 3.05) is 6.61 Å². The summed E-state index contributed by atoms with van der Waals surface area (Å²) in [5.41, 5.74) is 0. The third-order valence-corrected chi connectivity index (χ3v) is 5.34. The number of rotatable bonds is 17. The monoisotopic (exact) mass is 498 g/mol. The van der Waals surface area contributed by atoms with Crippen molar-refractivity contribution >= 4 is 0 Å². The summed E-state index contributed by atoms with van der Waals surface area (Å²) in [7, 11) is 0. The molecule has 0 saturated heterocycles. The molecule has 1 aromatic rings. The minimum absolute atomic E-state index is 0.172. The smallest absolute Gasteiger partial charge is 0.283 e. The minimum atomic E-state index is -2.23. The van der Waals surface area contributed by atoms with Crippen molar-refractivity contribution in [1.82, 2.24) is 0 Å². The van der Waals surface area contributed by atoms with E-state index in [2.05, 4.69) is 6.92 Å². The quantitative estimate of drug-likeness (QED) is 0.0799. The van der Waals surface area contributed by atoms with Gasteiger partial charge in [0, 0.05) is 5.92 Å². The van der Waals surface area contributed by atoms with Crippen LogP contribution in [0, 0.1) is 35.0 Å². The van der Waals surface area contributed by atoms with E-state index in [-0.39, 0.29) is 25.2 Å². The first kappa shape index (κ1) is 30.6. The van der Waals surface area contributed by atoms with E-state index >= 15 is 0 Å². The van der Waals surface area contributed by atoms with Gasteiger partial charge in [-0.05, 0) is 47.0 Å². The van der Waals surface area contributed by atoms with Crippen molar-refractivity contribution in [3.8, 4) is 5.75 Å². The summed E-state index contributed by atoms with van der Waals surface area (Å²) in [4.78, 5) is 0. The van der Waals surface area contributed by atoms with E-state index in [1.54, 1.807) is 27.7 Å². The normalized spacial score (nSPS) is 13.2. The molecule has 4 nitrogen and oxygen atoms in total. The van der Waals surface area contributed by atoms with Gasteiger partial charge in [-0.2, -0.15) is 8.78 Å². The van der Waals surface area contributed by atoms with Gasteiger partial charge in [0.15, 0.2) is 5.75 Å². The van der Waals surface area contributed by atoms with Crippen LogP contribution < -0.4 is 4.74 Å². The second kappa shape index (κ2) is 14.8. The van der Waals surface area contributed by atoms with Crippen LogP contribution in [0.15, 0.2) is 0 Å². The first-order valence-corrected chi connectivity index (χ1v) is 12.2. The first-order valence-electron chi connectivity index (χ1n) is 12.2. The van der Waals surface area contributed by atoms with Gasteiger partial charge in [-0.15, -0.1) is 0 Å². The van der Waals surface area contributed by atoms with E-state index in [9.17, 15) is 27.1 Å². The predicted molar refractivity (Wildman–Crippen MR) is 120 cm³/mol. The summed E-state index contributed by atoms with van der Waals surface area (Å²) in [6.45, 7) is 8.89. The second-order valence-electron chi connectivity index (χ2n) is 9.11. The molecule has 1 unspecified atom stereocenters. The fraction of sp³-hybridized carbons (Fsp3) is 0.760. The molecule has 0 heterocycles. The van der Waals surface area contributed by atoms with Crippen molar-refractivity contribution in [2.24, 2.45) is 5.92 Å². The zero-order valence-electron chi connectivity index (χ0n) is 20.9. The Bertz CT molecular complexity index is 704. The Morgan fingerprint density at radius 3 is 1.62 bits per heavy atom. The fourth-order valence-electron chi connectivity index (χ4n) is 3.79. The van der Waals surface area contributed by atoms with E-state index in [1.165, 1.54) is 0 Å². The van der Waals surface area contributed by atoms with E-state index in [1.807, 2.05) is 0 Å². The number of hydrogen-bond donors (Lipinski definition) is 1. The molecule has 9 heteroatoms. The molecule has 1 aromatic carbocycles. The number of ether oxygens (including phenoxy) is 3. The van der Waals surface area contributed by atoms with Crippen LogP contribution >= 0.6 is 0 Å². The van der Waals surface area contributed by atoms with Crippen molar-refractivity contribution in [2.45, 2.75) is 111 Å². The van der Waals surface area contributed by atoms with Crippen LogP contribution in [0.25, 0.3) is 0 Å². The van der Waals surface area contributed by atoms with Gasteiger partial charge in [0.05, 0.1) is 18.8 Å². The average Bonchev–Trinajstić information content (AvgIpc) is 2.75. The van der Waals surface area contributed by atoms with E-state index in [4.69, 9.17) is 14.2 Å². The third kappa shape index (κ3) is 9.30. The molecule has 34 heavy (non-hydrogen) atoms.